The van der Waals surface area contributed by atoms with Crippen molar-refractivity contribution in [2.75, 3.05) is 0 Å². The lowest BCUT2D eigenvalue weighted by atomic mass is 10.00. The second kappa shape index (κ2) is 7.43. The first-order chi connectivity index (χ1) is 10.5. The molecule has 0 spiro atoms. The quantitative estimate of drug-likeness (QED) is 0.805. The Balaban J connectivity index is 2.11. The molecule has 0 saturated heterocycles. The predicted octanol–water partition coefficient (Wildman–Crippen LogP) is 4.20. The van der Waals surface area contributed by atoms with E-state index in [2.05, 4.69) is 43.0 Å². The Morgan fingerprint density at radius 1 is 1.27 bits per heavy atom. The number of aromatic amines is 1. The number of aromatic nitrogens is 2. The van der Waals surface area contributed by atoms with Gasteiger partial charge < -0.3 is 10.3 Å². The SMILES string of the molecule is CCCC(C)CC(=O)NC(c1nc2ccccc2[nH]1)C(C)C. The summed E-state index contributed by atoms with van der Waals surface area (Å²) in [4.78, 5) is 20.2. The molecule has 2 atom stereocenters. The van der Waals surface area contributed by atoms with Crippen LogP contribution in [-0.4, -0.2) is 15.9 Å². The van der Waals surface area contributed by atoms with Crippen LogP contribution in [0.25, 0.3) is 11.0 Å². The fourth-order valence-corrected chi connectivity index (χ4v) is 2.81. The molecule has 120 valence electrons. The van der Waals surface area contributed by atoms with Gasteiger partial charge in [-0.3, -0.25) is 4.79 Å². The molecule has 2 rings (SSSR count). The lowest BCUT2D eigenvalue weighted by Gasteiger charge is -2.21. The zero-order valence-corrected chi connectivity index (χ0v) is 14.0. The lowest BCUT2D eigenvalue weighted by molar-refractivity contribution is -0.123. The Labute approximate surface area is 132 Å². The van der Waals surface area contributed by atoms with Gasteiger partial charge in [-0.05, 0) is 24.0 Å². The first kappa shape index (κ1) is 16.5. The number of rotatable bonds is 7. The topological polar surface area (TPSA) is 57.8 Å². The van der Waals surface area contributed by atoms with Crippen LogP contribution < -0.4 is 5.32 Å². The maximum Gasteiger partial charge on any atom is 0.220 e. The van der Waals surface area contributed by atoms with Crippen molar-refractivity contribution >= 4 is 16.9 Å². The van der Waals surface area contributed by atoms with Crippen molar-refractivity contribution in [2.24, 2.45) is 11.8 Å². The zero-order valence-electron chi connectivity index (χ0n) is 14.0. The number of fused-ring (bicyclic) bond motifs is 1. The van der Waals surface area contributed by atoms with Crippen LogP contribution in [0.1, 0.15) is 58.8 Å². The third-order valence-electron chi connectivity index (χ3n) is 4.00. The molecule has 0 aliphatic heterocycles. The molecule has 0 aliphatic carbocycles. The molecule has 4 heteroatoms. The highest BCUT2D eigenvalue weighted by molar-refractivity contribution is 5.77. The minimum atomic E-state index is -0.0753. The highest BCUT2D eigenvalue weighted by Crippen LogP contribution is 2.22. The first-order valence-corrected chi connectivity index (χ1v) is 8.25. The number of para-hydroxylation sites is 2. The van der Waals surface area contributed by atoms with Crippen molar-refractivity contribution in [1.82, 2.24) is 15.3 Å². The maximum atomic E-state index is 12.3. The minimum absolute atomic E-state index is 0.0753. The van der Waals surface area contributed by atoms with Gasteiger partial charge in [0.2, 0.25) is 5.91 Å². The Hall–Kier alpha value is -1.84. The van der Waals surface area contributed by atoms with Crippen molar-refractivity contribution < 1.29 is 4.79 Å². The van der Waals surface area contributed by atoms with Gasteiger partial charge in [0, 0.05) is 6.42 Å². The Morgan fingerprint density at radius 3 is 2.64 bits per heavy atom. The molecule has 0 radical (unpaired) electrons. The van der Waals surface area contributed by atoms with Crippen LogP contribution in [0, 0.1) is 11.8 Å². The number of nitrogens with one attached hydrogen (secondary N) is 2. The molecular weight excluding hydrogens is 274 g/mol. The second-order valence-corrected chi connectivity index (χ2v) is 6.53. The molecule has 1 amide bonds. The van der Waals surface area contributed by atoms with E-state index in [-0.39, 0.29) is 17.9 Å². The van der Waals surface area contributed by atoms with Gasteiger partial charge in [0.25, 0.3) is 0 Å². The highest BCUT2D eigenvalue weighted by atomic mass is 16.1. The Kier molecular flexibility index (Phi) is 5.58. The van der Waals surface area contributed by atoms with Gasteiger partial charge in [-0.1, -0.05) is 52.7 Å². The number of carbonyl (C=O) groups excluding carboxylic acids is 1. The number of hydrogen-bond donors (Lipinski definition) is 2. The average Bonchev–Trinajstić information content (AvgIpc) is 2.88. The smallest absolute Gasteiger partial charge is 0.220 e. The largest absolute Gasteiger partial charge is 0.346 e. The number of imidazole rings is 1. The normalized spacial score (nSPS) is 14.2. The molecule has 2 N–H and O–H groups in total. The second-order valence-electron chi connectivity index (χ2n) is 6.53. The van der Waals surface area contributed by atoms with Crippen LogP contribution in [0.2, 0.25) is 0 Å². The molecule has 1 heterocycles. The minimum Gasteiger partial charge on any atom is -0.346 e. The van der Waals surface area contributed by atoms with Crippen LogP contribution in [-0.2, 0) is 4.79 Å². The number of benzene rings is 1. The Morgan fingerprint density at radius 2 is 2.00 bits per heavy atom. The average molecular weight is 301 g/mol. The van der Waals surface area contributed by atoms with E-state index in [1.807, 2.05) is 24.3 Å². The van der Waals surface area contributed by atoms with Gasteiger partial charge in [0.05, 0.1) is 17.1 Å². The number of H-pyrrole nitrogens is 1. The van der Waals surface area contributed by atoms with E-state index in [1.165, 1.54) is 0 Å². The van der Waals surface area contributed by atoms with E-state index in [0.29, 0.717) is 12.3 Å². The van der Waals surface area contributed by atoms with E-state index >= 15 is 0 Å². The van der Waals surface area contributed by atoms with E-state index in [4.69, 9.17) is 0 Å². The van der Waals surface area contributed by atoms with Gasteiger partial charge in [-0.25, -0.2) is 4.98 Å². The number of hydrogen-bond acceptors (Lipinski definition) is 2. The fraction of sp³-hybridized carbons (Fsp3) is 0.556. The molecule has 2 unspecified atom stereocenters. The molecule has 0 fully saturated rings. The third kappa shape index (κ3) is 4.09. The third-order valence-corrected chi connectivity index (χ3v) is 4.00. The van der Waals surface area contributed by atoms with Crippen molar-refractivity contribution in [3.05, 3.63) is 30.1 Å². The van der Waals surface area contributed by atoms with Gasteiger partial charge in [-0.15, -0.1) is 0 Å². The van der Waals surface area contributed by atoms with E-state index in [0.717, 1.165) is 29.7 Å². The van der Waals surface area contributed by atoms with Crippen LogP contribution >= 0.6 is 0 Å². The molecule has 1 aromatic carbocycles. The summed E-state index contributed by atoms with van der Waals surface area (Å²) >= 11 is 0. The number of carbonyl (C=O) groups is 1. The van der Waals surface area contributed by atoms with Gasteiger partial charge >= 0.3 is 0 Å². The molecule has 22 heavy (non-hydrogen) atoms. The van der Waals surface area contributed by atoms with Crippen LogP contribution in [0.15, 0.2) is 24.3 Å². The van der Waals surface area contributed by atoms with Crippen molar-refractivity contribution in [3.63, 3.8) is 0 Å². The monoisotopic (exact) mass is 301 g/mol. The predicted molar refractivity (Wildman–Crippen MR) is 90.5 cm³/mol. The summed E-state index contributed by atoms with van der Waals surface area (Å²) in [7, 11) is 0. The molecule has 0 saturated carbocycles. The fourth-order valence-electron chi connectivity index (χ4n) is 2.81. The van der Waals surface area contributed by atoms with Crippen LogP contribution in [0.4, 0.5) is 0 Å². The van der Waals surface area contributed by atoms with Gasteiger partial charge in [-0.2, -0.15) is 0 Å². The molecule has 0 aliphatic rings. The summed E-state index contributed by atoms with van der Waals surface area (Å²) in [6.45, 7) is 8.50. The van der Waals surface area contributed by atoms with E-state index in [1.54, 1.807) is 0 Å². The maximum absolute atomic E-state index is 12.3. The summed E-state index contributed by atoms with van der Waals surface area (Å²) in [5.74, 6) is 1.66. The summed E-state index contributed by atoms with van der Waals surface area (Å²) in [5, 5.41) is 3.15. The van der Waals surface area contributed by atoms with E-state index < -0.39 is 0 Å². The van der Waals surface area contributed by atoms with Crippen LogP contribution in [0.5, 0.6) is 0 Å². The molecule has 0 bridgehead atoms. The number of nitrogens with zero attached hydrogens (tertiary/aromatic N) is 1. The summed E-state index contributed by atoms with van der Waals surface area (Å²) in [6, 6.07) is 7.88. The van der Waals surface area contributed by atoms with Crippen molar-refractivity contribution in [1.29, 1.82) is 0 Å². The summed E-state index contributed by atoms with van der Waals surface area (Å²) in [5.41, 5.74) is 1.95. The summed E-state index contributed by atoms with van der Waals surface area (Å²) < 4.78 is 0. The number of amides is 1. The van der Waals surface area contributed by atoms with Gasteiger partial charge in [0.1, 0.15) is 5.82 Å². The molecule has 2 aromatic rings. The molecular formula is C18H27N3O. The standard InChI is InChI=1S/C18H27N3O/c1-5-8-13(4)11-16(22)21-17(12(2)3)18-19-14-9-6-7-10-15(14)20-18/h6-7,9-10,12-13,17H,5,8,11H2,1-4H3,(H,19,20)(H,21,22). The zero-order chi connectivity index (χ0) is 16.1. The van der Waals surface area contributed by atoms with E-state index in [9.17, 15) is 4.79 Å². The van der Waals surface area contributed by atoms with Gasteiger partial charge in [0.15, 0.2) is 0 Å². The Bertz CT molecular complexity index is 585. The first-order valence-electron chi connectivity index (χ1n) is 8.25. The lowest BCUT2D eigenvalue weighted by Crippen LogP contribution is -2.33. The van der Waals surface area contributed by atoms with Crippen molar-refractivity contribution in [3.8, 4) is 0 Å². The molecule has 1 aromatic heterocycles. The summed E-state index contributed by atoms with van der Waals surface area (Å²) in [6.07, 6.45) is 2.79. The van der Waals surface area contributed by atoms with Crippen molar-refractivity contribution in [2.45, 2.75) is 53.0 Å². The van der Waals surface area contributed by atoms with Crippen LogP contribution in [0.3, 0.4) is 0 Å². The molecule has 4 nitrogen and oxygen atoms in total. The highest BCUT2D eigenvalue weighted by Gasteiger charge is 2.22.